The lowest BCUT2D eigenvalue weighted by atomic mass is 10.2. The molecule has 0 radical (unpaired) electrons. The maximum absolute atomic E-state index is 11.9. The van der Waals surface area contributed by atoms with Crippen molar-refractivity contribution in [2.24, 2.45) is 0 Å². The van der Waals surface area contributed by atoms with Gasteiger partial charge in [0.05, 0.1) is 13.7 Å². The van der Waals surface area contributed by atoms with Crippen LogP contribution in [-0.2, 0) is 9.57 Å². The number of carbonyl (C=O) groups excluding carboxylic acids is 1. The van der Waals surface area contributed by atoms with Crippen molar-refractivity contribution < 1.29 is 19.1 Å². The molecule has 0 fully saturated rings. The summed E-state index contributed by atoms with van der Waals surface area (Å²) in [4.78, 5) is 16.9. The van der Waals surface area contributed by atoms with Crippen LogP contribution >= 0.6 is 0 Å². The molecule has 6 heteroatoms. The minimum absolute atomic E-state index is 0.133. The van der Waals surface area contributed by atoms with Crippen molar-refractivity contribution in [3.8, 4) is 5.75 Å². The van der Waals surface area contributed by atoms with E-state index in [0.29, 0.717) is 37.6 Å². The molecule has 1 amide bonds. The highest BCUT2D eigenvalue weighted by molar-refractivity contribution is 5.94. The largest absolute Gasteiger partial charge is 0.491 e. The van der Waals surface area contributed by atoms with E-state index in [0.717, 1.165) is 0 Å². The smallest absolute Gasteiger partial charge is 0.251 e. The molecule has 1 N–H and O–H groups in total. The highest BCUT2D eigenvalue weighted by Gasteiger charge is 2.06. The number of nitrogens with one attached hydrogen (secondary N) is 1. The number of hydrogen-bond donors (Lipinski definition) is 1. The summed E-state index contributed by atoms with van der Waals surface area (Å²) >= 11 is 0. The average molecular weight is 282 g/mol. The predicted octanol–water partition coefficient (Wildman–Crippen LogP) is 0.935. The molecule has 6 nitrogen and oxygen atoms in total. The lowest BCUT2D eigenvalue weighted by Crippen LogP contribution is -2.32. The molecule has 0 heterocycles. The van der Waals surface area contributed by atoms with Gasteiger partial charge in [-0.15, -0.1) is 0 Å². The van der Waals surface area contributed by atoms with Crippen molar-refractivity contribution in [2.45, 2.75) is 0 Å². The van der Waals surface area contributed by atoms with Crippen LogP contribution in [0.3, 0.4) is 0 Å². The van der Waals surface area contributed by atoms with Crippen molar-refractivity contribution in [3.05, 3.63) is 29.8 Å². The molecule has 112 valence electrons. The van der Waals surface area contributed by atoms with E-state index in [1.807, 2.05) is 6.07 Å². The van der Waals surface area contributed by atoms with Gasteiger partial charge in [-0.05, 0) is 18.2 Å². The monoisotopic (exact) mass is 282 g/mol. The zero-order chi connectivity index (χ0) is 14.8. The van der Waals surface area contributed by atoms with Crippen LogP contribution in [0.4, 0.5) is 0 Å². The number of hydroxylamine groups is 2. The normalized spacial score (nSPS) is 10.6. The van der Waals surface area contributed by atoms with E-state index in [9.17, 15) is 4.79 Å². The van der Waals surface area contributed by atoms with E-state index in [1.54, 1.807) is 44.5 Å². The minimum Gasteiger partial charge on any atom is -0.491 e. The Hall–Kier alpha value is -1.63. The second-order valence-corrected chi connectivity index (χ2v) is 4.16. The summed E-state index contributed by atoms with van der Waals surface area (Å²) in [5.41, 5.74) is 0.569. The molecule has 0 bridgehead atoms. The third-order valence-corrected chi connectivity index (χ3v) is 2.68. The van der Waals surface area contributed by atoms with Crippen LogP contribution in [0.15, 0.2) is 24.3 Å². The molecule has 0 atom stereocenters. The number of nitrogens with zero attached hydrogens (tertiary/aromatic N) is 1. The summed E-state index contributed by atoms with van der Waals surface area (Å²) in [5.74, 6) is 0.524. The van der Waals surface area contributed by atoms with Crippen LogP contribution < -0.4 is 10.1 Å². The molecule has 1 aromatic rings. The van der Waals surface area contributed by atoms with Crippen LogP contribution in [0.1, 0.15) is 10.4 Å². The standard InChI is InChI=1S/C14H22N2O4/c1-16(19-3)8-7-15-14(17)12-5-4-6-13(11-12)20-10-9-18-2/h4-6,11H,7-10H2,1-3H3,(H,15,17). The van der Waals surface area contributed by atoms with Crippen LogP contribution in [0.5, 0.6) is 5.75 Å². The first-order valence-corrected chi connectivity index (χ1v) is 6.42. The lowest BCUT2D eigenvalue weighted by Gasteiger charge is -2.13. The Kier molecular flexibility index (Phi) is 7.64. The van der Waals surface area contributed by atoms with E-state index >= 15 is 0 Å². The Bertz CT molecular complexity index is 412. The van der Waals surface area contributed by atoms with Gasteiger partial charge in [-0.2, -0.15) is 5.06 Å². The van der Waals surface area contributed by atoms with Crippen molar-refractivity contribution in [1.29, 1.82) is 0 Å². The Morgan fingerprint density at radius 2 is 2.10 bits per heavy atom. The molecule has 0 spiro atoms. The molecule has 0 aliphatic heterocycles. The number of methoxy groups -OCH3 is 1. The number of hydrogen-bond acceptors (Lipinski definition) is 5. The molecule has 0 aliphatic rings. The lowest BCUT2D eigenvalue weighted by molar-refractivity contribution is -0.107. The van der Waals surface area contributed by atoms with Crippen LogP contribution in [0.2, 0.25) is 0 Å². The number of rotatable bonds is 9. The van der Waals surface area contributed by atoms with Gasteiger partial charge in [0.1, 0.15) is 12.4 Å². The number of ether oxygens (including phenoxy) is 2. The average Bonchev–Trinajstić information content (AvgIpc) is 2.47. The maximum atomic E-state index is 11.9. The molecule has 0 aromatic heterocycles. The van der Waals surface area contributed by atoms with E-state index in [4.69, 9.17) is 14.3 Å². The summed E-state index contributed by atoms with van der Waals surface area (Å²) in [5, 5.41) is 4.46. The molecule has 1 aromatic carbocycles. The van der Waals surface area contributed by atoms with Crippen LogP contribution in [0.25, 0.3) is 0 Å². The first kappa shape index (κ1) is 16.4. The molecular weight excluding hydrogens is 260 g/mol. The van der Waals surface area contributed by atoms with Gasteiger partial charge in [-0.3, -0.25) is 4.79 Å². The van der Waals surface area contributed by atoms with Gasteiger partial charge in [-0.1, -0.05) is 6.07 Å². The summed E-state index contributed by atoms with van der Waals surface area (Å²) in [6.07, 6.45) is 0. The summed E-state index contributed by atoms with van der Waals surface area (Å²) < 4.78 is 10.4. The van der Waals surface area contributed by atoms with Crippen LogP contribution in [0, 0.1) is 0 Å². The third kappa shape index (κ3) is 6.01. The van der Waals surface area contributed by atoms with E-state index < -0.39 is 0 Å². The zero-order valence-electron chi connectivity index (χ0n) is 12.2. The van der Waals surface area contributed by atoms with Crippen molar-refractivity contribution >= 4 is 5.91 Å². The fourth-order valence-electron chi connectivity index (χ4n) is 1.49. The highest BCUT2D eigenvalue weighted by Crippen LogP contribution is 2.13. The second kappa shape index (κ2) is 9.30. The summed E-state index contributed by atoms with van der Waals surface area (Å²) in [6.45, 7) is 2.10. The third-order valence-electron chi connectivity index (χ3n) is 2.68. The van der Waals surface area contributed by atoms with Gasteiger partial charge in [-0.25, -0.2) is 0 Å². The molecule has 0 saturated heterocycles. The maximum Gasteiger partial charge on any atom is 0.251 e. The quantitative estimate of drug-likeness (QED) is 0.539. The molecule has 0 unspecified atom stereocenters. The fraction of sp³-hybridized carbons (Fsp3) is 0.500. The number of carbonyl (C=O) groups is 1. The minimum atomic E-state index is -0.133. The Morgan fingerprint density at radius 3 is 2.80 bits per heavy atom. The van der Waals surface area contributed by atoms with E-state index in [2.05, 4.69) is 5.32 Å². The molecule has 1 rings (SSSR count). The molecule has 0 aliphatic carbocycles. The van der Waals surface area contributed by atoms with Crippen LogP contribution in [-0.4, -0.2) is 58.5 Å². The number of benzene rings is 1. The zero-order valence-corrected chi connectivity index (χ0v) is 12.2. The van der Waals surface area contributed by atoms with Gasteiger partial charge < -0.3 is 19.6 Å². The number of amides is 1. The van der Waals surface area contributed by atoms with Gasteiger partial charge in [0.25, 0.3) is 5.91 Å². The molecule has 20 heavy (non-hydrogen) atoms. The van der Waals surface area contributed by atoms with E-state index in [1.165, 1.54) is 0 Å². The van der Waals surface area contributed by atoms with E-state index in [-0.39, 0.29) is 5.91 Å². The first-order valence-electron chi connectivity index (χ1n) is 6.42. The van der Waals surface area contributed by atoms with Gasteiger partial charge >= 0.3 is 0 Å². The Labute approximate surface area is 119 Å². The highest BCUT2D eigenvalue weighted by atomic mass is 16.7. The predicted molar refractivity (Wildman–Crippen MR) is 75.8 cm³/mol. The number of likely N-dealkylation sites (N-methyl/N-ethyl adjacent to an activating group) is 1. The SMILES string of the molecule is COCCOc1cccc(C(=O)NCCN(C)OC)c1. The fourth-order valence-corrected chi connectivity index (χ4v) is 1.49. The molecular formula is C14H22N2O4. The summed E-state index contributed by atoms with van der Waals surface area (Å²) in [6, 6.07) is 7.06. The van der Waals surface area contributed by atoms with Crippen molar-refractivity contribution in [2.75, 3.05) is 47.6 Å². The van der Waals surface area contributed by atoms with Crippen molar-refractivity contribution in [1.82, 2.24) is 10.4 Å². The van der Waals surface area contributed by atoms with Gasteiger partial charge in [0.15, 0.2) is 0 Å². The van der Waals surface area contributed by atoms with Crippen molar-refractivity contribution in [3.63, 3.8) is 0 Å². The second-order valence-electron chi connectivity index (χ2n) is 4.16. The first-order chi connectivity index (χ1) is 9.67. The summed E-state index contributed by atoms with van der Waals surface area (Å²) in [7, 11) is 5.00. The Morgan fingerprint density at radius 1 is 1.30 bits per heavy atom. The topological polar surface area (TPSA) is 60.0 Å². The van der Waals surface area contributed by atoms with Gasteiger partial charge in [0.2, 0.25) is 0 Å². The molecule has 0 saturated carbocycles. The Balaban J connectivity index is 2.45. The van der Waals surface area contributed by atoms with Gasteiger partial charge in [0, 0.05) is 32.8 Å².